The Bertz CT molecular complexity index is 645. The van der Waals surface area contributed by atoms with Crippen molar-refractivity contribution in [2.24, 2.45) is 11.8 Å². The summed E-state index contributed by atoms with van der Waals surface area (Å²) < 4.78 is 5.17. The van der Waals surface area contributed by atoms with Gasteiger partial charge in [-0.3, -0.25) is 0 Å². The summed E-state index contributed by atoms with van der Waals surface area (Å²) in [4.78, 5) is 0. The van der Waals surface area contributed by atoms with E-state index in [0.717, 1.165) is 11.8 Å². The van der Waals surface area contributed by atoms with Crippen molar-refractivity contribution in [3.8, 4) is 11.1 Å². The van der Waals surface area contributed by atoms with Gasteiger partial charge < -0.3 is 4.74 Å². The molecule has 1 aliphatic carbocycles. The lowest BCUT2D eigenvalue weighted by atomic mass is 9.79. The first-order valence-electron chi connectivity index (χ1n) is 9.58. The highest BCUT2D eigenvalue weighted by Crippen LogP contribution is 2.32. The molecule has 1 saturated carbocycles. The van der Waals surface area contributed by atoms with E-state index in [1.807, 2.05) is 0 Å². The molecule has 0 aliphatic heterocycles. The highest BCUT2D eigenvalue weighted by molar-refractivity contribution is 5.63. The van der Waals surface area contributed by atoms with Crippen LogP contribution in [0.4, 0.5) is 0 Å². The molecule has 0 amide bonds. The average Bonchev–Trinajstić information content (AvgIpc) is 2.68. The van der Waals surface area contributed by atoms with Gasteiger partial charge in [0.1, 0.15) is 0 Å². The second-order valence-electron chi connectivity index (χ2n) is 7.38. The van der Waals surface area contributed by atoms with Gasteiger partial charge in [0, 0.05) is 7.11 Å². The zero-order valence-corrected chi connectivity index (χ0v) is 15.4. The Hall–Kier alpha value is -1.86. The molecule has 1 nitrogen and oxygen atoms in total. The largest absolute Gasteiger partial charge is 0.380 e. The lowest BCUT2D eigenvalue weighted by Crippen LogP contribution is -2.13. The predicted molar refractivity (Wildman–Crippen MR) is 107 cm³/mol. The van der Waals surface area contributed by atoms with E-state index in [2.05, 4.69) is 61.2 Å². The Morgan fingerprint density at radius 1 is 0.880 bits per heavy atom. The van der Waals surface area contributed by atoms with Crippen molar-refractivity contribution in [1.82, 2.24) is 0 Å². The zero-order valence-electron chi connectivity index (χ0n) is 15.4. The van der Waals surface area contributed by atoms with Gasteiger partial charge in [-0.25, -0.2) is 0 Å². The highest BCUT2D eigenvalue weighted by Gasteiger charge is 2.18. The van der Waals surface area contributed by atoms with Crippen molar-refractivity contribution in [3.63, 3.8) is 0 Å². The molecule has 1 fully saturated rings. The summed E-state index contributed by atoms with van der Waals surface area (Å²) >= 11 is 0. The van der Waals surface area contributed by atoms with Crippen LogP contribution in [-0.2, 0) is 17.8 Å². The topological polar surface area (TPSA) is 9.23 Å². The molecule has 0 spiro atoms. The molecule has 1 heteroatoms. The normalized spacial score (nSPS) is 20.4. The van der Waals surface area contributed by atoms with Crippen LogP contribution in [0.1, 0.15) is 43.2 Å². The monoisotopic (exact) mass is 334 g/mol. The smallest absolute Gasteiger partial charge is 0.0713 e. The minimum atomic E-state index is 0.675. The van der Waals surface area contributed by atoms with Crippen LogP contribution < -0.4 is 0 Å². The van der Waals surface area contributed by atoms with Crippen LogP contribution in [0.25, 0.3) is 11.1 Å². The molecule has 0 unspecified atom stereocenters. The lowest BCUT2D eigenvalue weighted by Gasteiger charge is -2.26. The van der Waals surface area contributed by atoms with E-state index in [4.69, 9.17) is 4.74 Å². The minimum absolute atomic E-state index is 0.675. The van der Waals surface area contributed by atoms with E-state index < -0.39 is 0 Å². The summed E-state index contributed by atoms with van der Waals surface area (Å²) in [6.07, 6.45) is 10.1. The number of hydrogen-bond donors (Lipinski definition) is 0. The average molecular weight is 335 g/mol. The molecule has 2 aromatic carbocycles. The number of benzene rings is 2. The number of methoxy groups -OCH3 is 1. The molecule has 0 aromatic heterocycles. The van der Waals surface area contributed by atoms with Gasteiger partial charge in [-0.1, -0.05) is 54.6 Å². The first kappa shape index (κ1) is 17.9. The van der Waals surface area contributed by atoms with Gasteiger partial charge >= 0.3 is 0 Å². The van der Waals surface area contributed by atoms with Crippen molar-refractivity contribution < 1.29 is 4.74 Å². The fourth-order valence-corrected chi connectivity index (χ4v) is 3.91. The van der Waals surface area contributed by atoms with Crippen molar-refractivity contribution in [2.45, 2.75) is 45.1 Å². The standard InChI is InChI=1S/C24H30O/c1-3-19-4-6-20(7-5-19)8-9-21-10-14-23(15-11-21)24-16-12-22(13-17-24)18-25-2/h3,10-17,19-20H,1,4-9,18H2,2H3/t19-,20-. The highest BCUT2D eigenvalue weighted by atomic mass is 16.5. The van der Waals surface area contributed by atoms with E-state index in [9.17, 15) is 0 Å². The molecule has 2 aromatic rings. The molecule has 0 atom stereocenters. The summed E-state index contributed by atoms with van der Waals surface area (Å²) in [5.74, 6) is 1.68. The van der Waals surface area contributed by atoms with Crippen LogP contribution in [0.15, 0.2) is 61.2 Å². The third kappa shape index (κ3) is 5.06. The molecule has 0 bridgehead atoms. The second kappa shape index (κ2) is 9.01. The summed E-state index contributed by atoms with van der Waals surface area (Å²) in [5.41, 5.74) is 5.24. The Morgan fingerprint density at radius 3 is 1.96 bits per heavy atom. The molecular weight excluding hydrogens is 304 g/mol. The van der Waals surface area contributed by atoms with E-state index in [1.54, 1.807) is 7.11 Å². The molecule has 132 valence electrons. The van der Waals surface area contributed by atoms with E-state index in [0.29, 0.717) is 6.61 Å². The van der Waals surface area contributed by atoms with Crippen LogP contribution in [0.3, 0.4) is 0 Å². The Morgan fingerprint density at radius 2 is 1.44 bits per heavy atom. The van der Waals surface area contributed by atoms with Crippen molar-refractivity contribution >= 4 is 0 Å². The first-order valence-corrected chi connectivity index (χ1v) is 9.58. The lowest BCUT2D eigenvalue weighted by molar-refractivity contribution is 0.185. The molecule has 1 aliphatic rings. The number of hydrogen-bond acceptors (Lipinski definition) is 1. The molecule has 25 heavy (non-hydrogen) atoms. The van der Waals surface area contributed by atoms with Gasteiger partial charge in [0.15, 0.2) is 0 Å². The first-order chi connectivity index (χ1) is 12.3. The quantitative estimate of drug-likeness (QED) is 0.530. The molecular formula is C24H30O. The van der Waals surface area contributed by atoms with E-state index >= 15 is 0 Å². The fourth-order valence-electron chi connectivity index (χ4n) is 3.91. The van der Waals surface area contributed by atoms with Gasteiger partial charge in [-0.15, -0.1) is 6.58 Å². The van der Waals surface area contributed by atoms with Gasteiger partial charge in [-0.2, -0.15) is 0 Å². The fraction of sp³-hybridized carbons (Fsp3) is 0.417. The van der Waals surface area contributed by atoms with Crippen LogP contribution in [0.2, 0.25) is 0 Å². The summed E-state index contributed by atoms with van der Waals surface area (Å²) in [7, 11) is 1.73. The molecule has 0 N–H and O–H groups in total. The van der Waals surface area contributed by atoms with Crippen LogP contribution in [0, 0.1) is 11.8 Å². The maximum Gasteiger partial charge on any atom is 0.0713 e. The van der Waals surface area contributed by atoms with E-state index in [1.165, 1.54) is 60.8 Å². The van der Waals surface area contributed by atoms with Crippen molar-refractivity contribution in [3.05, 3.63) is 72.3 Å². The second-order valence-corrected chi connectivity index (χ2v) is 7.38. The van der Waals surface area contributed by atoms with Gasteiger partial charge in [0.05, 0.1) is 6.61 Å². The zero-order chi connectivity index (χ0) is 17.5. The van der Waals surface area contributed by atoms with Crippen molar-refractivity contribution in [1.29, 1.82) is 0 Å². The van der Waals surface area contributed by atoms with Gasteiger partial charge in [0.2, 0.25) is 0 Å². The maximum absolute atomic E-state index is 5.17. The third-order valence-electron chi connectivity index (χ3n) is 5.62. The Kier molecular flexibility index (Phi) is 6.47. The van der Waals surface area contributed by atoms with Crippen LogP contribution in [-0.4, -0.2) is 7.11 Å². The number of rotatable bonds is 7. The molecule has 0 saturated heterocycles. The summed E-state index contributed by atoms with van der Waals surface area (Å²) in [6, 6.07) is 17.8. The molecule has 3 rings (SSSR count). The molecule has 0 radical (unpaired) electrons. The van der Waals surface area contributed by atoms with Crippen LogP contribution in [0.5, 0.6) is 0 Å². The number of allylic oxidation sites excluding steroid dienone is 1. The minimum Gasteiger partial charge on any atom is -0.380 e. The Labute approximate surface area is 152 Å². The molecule has 0 heterocycles. The number of aryl methyl sites for hydroxylation is 1. The SMILES string of the molecule is C=C[C@H]1CC[C@H](CCc2ccc(-c3ccc(COC)cc3)cc2)CC1. The summed E-state index contributed by atoms with van der Waals surface area (Å²) in [5, 5.41) is 0. The van der Waals surface area contributed by atoms with E-state index in [-0.39, 0.29) is 0 Å². The van der Waals surface area contributed by atoms with Crippen LogP contribution >= 0.6 is 0 Å². The van der Waals surface area contributed by atoms with Gasteiger partial charge in [-0.05, 0) is 72.6 Å². The van der Waals surface area contributed by atoms with Gasteiger partial charge in [0.25, 0.3) is 0 Å². The Balaban J connectivity index is 1.52. The number of ether oxygens (including phenoxy) is 1. The maximum atomic E-state index is 5.17. The predicted octanol–water partition coefficient (Wildman–Crippen LogP) is 6.43. The summed E-state index contributed by atoms with van der Waals surface area (Å²) in [6.45, 7) is 4.62. The third-order valence-corrected chi connectivity index (χ3v) is 5.62. The van der Waals surface area contributed by atoms with Crippen molar-refractivity contribution in [2.75, 3.05) is 7.11 Å².